The van der Waals surface area contributed by atoms with Crippen LogP contribution in [0.25, 0.3) is 32.0 Å². The molecule has 0 amide bonds. The van der Waals surface area contributed by atoms with E-state index >= 15 is 0 Å². The molecule has 1 saturated heterocycles. The summed E-state index contributed by atoms with van der Waals surface area (Å²) in [4.78, 5) is 18.1. The Kier molecular flexibility index (Phi) is 6.73. The van der Waals surface area contributed by atoms with Gasteiger partial charge in [0, 0.05) is 16.2 Å². The Balaban J connectivity index is 1.45. The predicted molar refractivity (Wildman–Crippen MR) is 134 cm³/mol. The minimum Gasteiger partial charge on any atom is -0.491 e. The third-order valence-electron chi connectivity index (χ3n) is 5.90. The number of hydrogen-bond acceptors (Lipinski definition) is 8. The van der Waals surface area contributed by atoms with Gasteiger partial charge in [0.05, 0.1) is 6.33 Å². The molecule has 5 rings (SSSR count). The van der Waals surface area contributed by atoms with Gasteiger partial charge >= 0.3 is 0 Å². The first-order valence-electron chi connectivity index (χ1n) is 11.5. The Morgan fingerprint density at radius 3 is 2.32 bits per heavy atom. The van der Waals surface area contributed by atoms with E-state index in [0.29, 0.717) is 17.8 Å². The third kappa shape index (κ3) is 5.24. The van der Waals surface area contributed by atoms with E-state index in [0.717, 1.165) is 16.9 Å². The van der Waals surface area contributed by atoms with E-state index in [-0.39, 0.29) is 30.0 Å². The molecule has 0 aliphatic carbocycles. The number of fused-ring (bicyclic) bond motifs is 1. The summed E-state index contributed by atoms with van der Waals surface area (Å²) in [6.45, 7) is 4.28. The standard InChI is InChI=1S/C24H22N10O3/c1-14-3-7-16(8-4-14)35-12-19-18(36-17-9-5-15(2)6-10-17)11-20(37-19)34-13-27-21-22(30-32-25)28-24(31-33-26)29-23(21)34/h3-10,13,18-20H,11-12H2,1-2H3/t18-,19+,20-/m0/s1. The van der Waals surface area contributed by atoms with Crippen molar-refractivity contribution in [2.24, 2.45) is 10.2 Å². The zero-order valence-corrected chi connectivity index (χ0v) is 20.0. The van der Waals surface area contributed by atoms with Crippen LogP contribution >= 0.6 is 0 Å². The fraction of sp³-hybridized carbons (Fsp3) is 0.292. The lowest BCUT2D eigenvalue weighted by atomic mass is 10.1. The first kappa shape index (κ1) is 23.9. The number of aryl methyl sites for hydroxylation is 2. The maximum Gasteiger partial charge on any atom is 0.219 e. The van der Waals surface area contributed by atoms with Crippen molar-refractivity contribution >= 4 is 22.9 Å². The van der Waals surface area contributed by atoms with Crippen LogP contribution < -0.4 is 9.47 Å². The number of ether oxygens (including phenoxy) is 3. The molecule has 37 heavy (non-hydrogen) atoms. The molecule has 0 N–H and O–H groups in total. The molecule has 1 aliphatic rings. The van der Waals surface area contributed by atoms with Gasteiger partial charge in [-0.2, -0.15) is 0 Å². The van der Waals surface area contributed by atoms with E-state index < -0.39 is 12.3 Å². The van der Waals surface area contributed by atoms with E-state index in [1.807, 2.05) is 62.4 Å². The summed E-state index contributed by atoms with van der Waals surface area (Å²) in [6, 6.07) is 15.6. The molecule has 3 atom stereocenters. The van der Waals surface area contributed by atoms with Gasteiger partial charge in [0.15, 0.2) is 11.5 Å². The second-order valence-corrected chi connectivity index (χ2v) is 8.51. The first-order valence-corrected chi connectivity index (χ1v) is 11.5. The highest BCUT2D eigenvalue weighted by Gasteiger charge is 2.39. The number of benzene rings is 2. The van der Waals surface area contributed by atoms with Crippen LogP contribution in [0.2, 0.25) is 0 Å². The van der Waals surface area contributed by atoms with Crippen molar-refractivity contribution < 1.29 is 14.2 Å². The summed E-state index contributed by atoms with van der Waals surface area (Å²) >= 11 is 0. The highest BCUT2D eigenvalue weighted by Crippen LogP contribution is 2.35. The molecule has 0 bridgehead atoms. The Labute approximate surface area is 210 Å². The van der Waals surface area contributed by atoms with Crippen LogP contribution in [-0.2, 0) is 4.74 Å². The maximum atomic E-state index is 8.92. The molecule has 2 aromatic carbocycles. The highest BCUT2D eigenvalue weighted by atomic mass is 16.6. The van der Waals surface area contributed by atoms with Crippen LogP contribution in [0.5, 0.6) is 11.5 Å². The number of rotatable bonds is 8. The van der Waals surface area contributed by atoms with E-state index in [1.54, 1.807) is 4.57 Å². The maximum absolute atomic E-state index is 8.92. The molecule has 13 heteroatoms. The topological polar surface area (TPSA) is 169 Å². The third-order valence-corrected chi connectivity index (χ3v) is 5.90. The van der Waals surface area contributed by atoms with Crippen LogP contribution in [0.3, 0.4) is 0 Å². The van der Waals surface area contributed by atoms with E-state index in [2.05, 4.69) is 35.0 Å². The molecule has 3 heterocycles. The fourth-order valence-corrected chi connectivity index (χ4v) is 4.05. The minimum atomic E-state index is -0.528. The molecular weight excluding hydrogens is 476 g/mol. The van der Waals surface area contributed by atoms with Crippen molar-refractivity contribution in [1.82, 2.24) is 19.5 Å². The Morgan fingerprint density at radius 1 is 0.973 bits per heavy atom. The predicted octanol–water partition coefficient (Wildman–Crippen LogP) is 6.14. The van der Waals surface area contributed by atoms with Crippen LogP contribution in [0.4, 0.5) is 11.8 Å². The molecule has 2 aromatic heterocycles. The van der Waals surface area contributed by atoms with Crippen molar-refractivity contribution in [1.29, 1.82) is 0 Å². The lowest BCUT2D eigenvalue weighted by molar-refractivity contribution is -0.0341. The highest BCUT2D eigenvalue weighted by molar-refractivity contribution is 5.82. The molecule has 1 aliphatic heterocycles. The SMILES string of the molecule is Cc1ccc(OC[C@H]2O[C@H](n3cnc4c(N=[N+]=[N-])nc(N=[N+]=[N-])nc43)C[C@@H]2Oc2ccc(C)cc2)cc1. The number of hydrogen-bond donors (Lipinski definition) is 0. The summed E-state index contributed by atoms with van der Waals surface area (Å²) in [6.07, 6.45) is 0.691. The van der Waals surface area contributed by atoms with Crippen LogP contribution in [0.1, 0.15) is 23.8 Å². The fourth-order valence-electron chi connectivity index (χ4n) is 4.05. The van der Waals surface area contributed by atoms with E-state index in [1.165, 1.54) is 6.33 Å². The van der Waals surface area contributed by atoms with Crippen molar-refractivity contribution in [2.45, 2.75) is 38.7 Å². The normalized spacial score (nSPS) is 18.7. The molecule has 13 nitrogen and oxygen atoms in total. The van der Waals surface area contributed by atoms with Crippen molar-refractivity contribution in [3.8, 4) is 11.5 Å². The number of azide groups is 2. The molecule has 186 valence electrons. The van der Waals surface area contributed by atoms with Crippen molar-refractivity contribution in [3.05, 3.63) is 86.9 Å². The van der Waals surface area contributed by atoms with Gasteiger partial charge in [0.1, 0.15) is 42.1 Å². The number of nitrogens with zero attached hydrogens (tertiary/aromatic N) is 10. The lowest BCUT2D eigenvalue weighted by Crippen LogP contribution is -2.32. The number of imidazole rings is 1. The van der Waals surface area contributed by atoms with Gasteiger partial charge in [0.25, 0.3) is 0 Å². The van der Waals surface area contributed by atoms with Crippen molar-refractivity contribution in [2.75, 3.05) is 6.61 Å². The first-order chi connectivity index (χ1) is 18.0. The van der Waals surface area contributed by atoms with Gasteiger partial charge in [0.2, 0.25) is 5.95 Å². The molecular formula is C24H22N10O3. The van der Waals surface area contributed by atoms with Gasteiger partial charge in [-0.05, 0) is 59.4 Å². The summed E-state index contributed by atoms with van der Waals surface area (Å²) < 4.78 is 20.4. The quantitative estimate of drug-likeness (QED) is 0.160. The zero-order chi connectivity index (χ0) is 25.8. The largest absolute Gasteiger partial charge is 0.491 e. The zero-order valence-electron chi connectivity index (χ0n) is 20.0. The monoisotopic (exact) mass is 498 g/mol. The molecule has 1 fully saturated rings. The summed E-state index contributed by atoms with van der Waals surface area (Å²) in [5.74, 6) is 1.21. The minimum absolute atomic E-state index is 0.0432. The average molecular weight is 499 g/mol. The Bertz CT molecular complexity index is 1510. The van der Waals surface area contributed by atoms with Gasteiger partial charge in [-0.3, -0.25) is 4.57 Å². The second kappa shape index (κ2) is 10.4. The molecule has 0 unspecified atom stereocenters. The number of aromatic nitrogens is 4. The summed E-state index contributed by atoms with van der Waals surface area (Å²) in [7, 11) is 0. The Morgan fingerprint density at radius 2 is 1.65 bits per heavy atom. The summed E-state index contributed by atoms with van der Waals surface area (Å²) in [5, 5.41) is 7.02. The average Bonchev–Trinajstić information content (AvgIpc) is 3.49. The van der Waals surface area contributed by atoms with Gasteiger partial charge < -0.3 is 14.2 Å². The van der Waals surface area contributed by atoms with Crippen LogP contribution in [0.15, 0.2) is 65.1 Å². The summed E-state index contributed by atoms with van der Waals surface area (Å²) in [5.41, 5.74) is 20.6. The smallest absolute Gasteiger partial charge is 0.219 e. The van der Waals surface area contributed by atoms with E-state index in [9.17, 15) is 0 Å². The molecule has 0 saturated carbocycles. The van der Waals surface area contributed by atoms with Crippen molar-refractivity contribution in [3.63, 3.8) is 0 Å². The lowest BCUT2D eigenvalue weighted by Gasteiger charge is -2.20. The van der Waals surface area contributed by atoms with Gasteiger partial charge in [-0.1, -0.05) is 35.4 Å². The van der Waals surface area contributed by atoms with Gasteiger partial charge in [-0.15, -0.1) is 0 Å². The second-order valence-electron chi connectivity index (χ2n) is 8.51. The van der Waals surface area contributed by atoms with E-state index in [4.69, 9.17) is 25.3 Å². The molecule has 4 aromatic rings. The van der Waals surface area contributed by atoms with Crippen LogP contribution in [0, 0.1) is 13.8 Å². The van der Waals surface area contributed by atoms with Gasteiger partial charge in [-0.25, -0.2) is 15.0 Å². The molecule has 0 radical (unpaired) electrons. The van der Waals surface area contributed by atoms with Crippen LogP contribution in [-0.4, -0.2) is 38.3 Å². The Hall–Kier alpha value is -4.83. The molecule has 0 spiro atoms.